The maximum absolute atomic E-state index is 12.1. The fourth-order valence-electron chi connectivity index (χ4n) is 2.70. The molecule has 0 spiro atoms. The number of aliphatic imine (C=N–C) groups is 1. The molecule has 4 amide bonds. The molecular weight excluding hydrogens is 306 g/mol. The molecule has 1 aliphatic rings. The number of carboxylic acid groups (broad SMARTS) is 1. The molecule has 23 heavy (non-hydrogen) atoms. The van der Waals surface area contributed by atoms with E-state index in [1.807, 2.05) is 0 Å². The van der Waals surface area contributed by atoms with E-state index in [0.717, 1.165) is 0 Å². The Kier molecular flexibility index (Phi) is 3.28. The van der Waals surface area contributed by atoms with Crippen LogP contribution in [-0.4, -0.2) is 44.1 Å². The largest absolute Gasteiger partial charge is 0.481 e. The van der Waals surface area contributed by atoms with Crippen molar-refractivity contribution in [2.24, 2.45) is 16.6 Å². The number of nitrogens with zero attached hydrogens (tertiary/aromatic N) is 4. The van der Waals surface area contributed by atoms with E-state index in [0.29, 0.717) is 10.4 Å². The van der Waals surface area contributed by atoms with E-state index in [9.17, 15) is 19.5 Å². The molecule has 118 valence electrons. The Bertz CT molecular complexity index is 857. The van der Waals surface area contributed by atoms with Crippen LogP contribution in [0.25, 0.3) is 11.0 Å². The number of carboxylic acids is 1. The number of urea groups is 2. The number of rotatable bonds is 2. The number of imide groups is 1. The van der Waals surface area contributed by atoms with Gasteiger partial charge in [0, 0.05) is 11.3 Å². The Morgan fingerprint density at radius 2 is 2.09 bits per heavy atom. The van der Waals surface area contributed by atoms with Crippen LogP contribution in [-0.2, 0) is 4.79 Å². The number of amides is 4. The highest BCUT2D eigenvalue weighted by Crippen LogP contribution is 2.36. The lowest BCUT2D eigenvalue weighted by Gasteiger charge is -2.35. The van der Waals surface area contributed by atoms with Gasteiger partial charge in [-0.3, -0.25) is 4.79 Å². The van der Waals surface area contributed by atoms with Gasteiger partial charge in [0.25, 0.3) is 0 Å². The van der Waals surface area contributed by atoms with Crippen molar-refractivity contribution in [3.63, 3.8) is 0 Å². The summed E-state index contributed by atoms with van der Waals surface area (Å²) in [5.41, 5.74) is 6.23. The number of carbonyl (C=O) groups excluding carboxylic acids is 2. The first-order chi connectivity index (χ1) is 10.9. The highest BCUT2D eigenvalue weighted by atomic mass is 16.6. The zero-order chi connectivity index (χ0) is 16.7. The number of nitrogens with two attached hydrogens (primary N) is 1. The molecule has 0 aliphatic carbocycles. The quantitative estimate of drug-likeness (QED) is 0.835. The molecule has 0 bridgehead atoms. The van der Waals surface area contributed by atoms with Gasteiger partial charge in [-0.25, -0.2) is 24.1 Å². The summed E-state index contributed by atoms with van der Waals surface area (Å²) in [4.78, 5) is 39.6. The predicted molar refractivity (Wildman–Crippen MR) is 75.6 cm³/mol. The van der Waals surface area contributed by atoms with Crippen LogP contribution < -0.4 is 5.73 Å². The molecule has 2 aromatic rings. The number of aliphatic carboxylic acids is 1. The van der Waals surface area contributed by atoms with E-state index in [2.05, 4.69) is 19.9 Å². The van der Waals surface area contributed by atoms with Crippen LogP contribution in [0.3, 0.4) is 0 Å². The second-order valence-electron chi connectivity index (χ2n) is 4.98. The molecule has 0 saturated heterocycles. The van der Waals surface area contributed by atoms with E-state index < -0.39 is 30.0 Å². The van der Waals surface area contributed by atoms with Crippen molar-refractivity contribution in [2.45, 2.75) is 13.0 Å². The van der Waals surface area contributed by atoms with Gasteiger partial charge in [-0.05, 0) is 23.3 Å². The minimum Gasteiger partial charge on any atom is -0.481 e. The van der Waals surface area contributed by atoms with Gasteiger partial charge in [-0.2, -0.15) is 0 Å². The number of carbonyl (C=O) groups is 3. The summed E-state index contributed by atoms with van der Waals surface area (Å²) in [5.74, 6) is -2.49. The third-order valence-corrected chi connectivity index (χ3v) is 3.66. The third-order valence-electron chi connectivity index (χ3n) is 3.66. The summed E-state index contributed by atoms with van der Waals surface area (Å²) in [6, 6.07) is 1.51. The first kappa shape index (κ1) is 14.6. The van der Waals surface area contributed by atoms with Crippen LogP contribution in [0.1, 0.15) is 18.5 Å². The SMILES string of the molecule is CC1=NC(=O)N(C(N)=O)C(c2cccc3nonc23)C1C(=O)O. The monoisotopic (exact) mass is 317 g/mol. The summed E-state index contributed by atoms with van der Waals surface area (Å²) in [5, 5.41) is 16.9. The molecule has 10 nitrogen and oxygen atoms in total. The molecule has 1 aromatic heterocycles. The highest BCUT2D eigenvalue weighted by Gasteiger charge is 2.45. The lowest BCUT2D eigenvalue weighted by atomic mass is 9.86. The lowest BCUT2D eigenvalue weighted by molar-refractivity contribution is -0.140. The zero-order valence-electron chi connectivity index (χ0n) is 11.8. The smallest absolute Gasteiger partial charge is 0.352 e. The van der Waals surface area contributed by atoms with Crippen molar-refractivity contribution in [2.75, 3.05) is 0 Å². The summed E-state index contributed by atoms with van der Waals surface area (Å²) in [6.07, 6.45) is 0. The topological polar surface area (TPSA) is 152 Å². The summed E-state index contributed by atoms with van der Waals surface area (Å²) < 4.78 is 4.64. The Hall–Kier alpha value is -3.30. The van der Waals surface area contributed by atoms with Gasteiger partial charge in [-0.15, -0.1) is 0 Å². The first-order valence-corrected chi connectivity index (χ1v) is 6.53. The van der Waals surface area contributed by atoms with E-state index in [4.69, 9.17) is 5.73 Å². The van der Waals surface area contributed by atoms with Crippen LogP contribution in [0, 0.1) is 5.92 Å². The summed E-state index contributed by atoms with van der Waals surface area (Å²) >= 11 is 0. The average molecular weight is 317 g/mol. The number of hydrogen-bond acceptors (Lipinski definition) is 6. The van der Waals surface area contributed by atoms with Crippen LogP contribution in [0.2, 0.25) is 0 Å². The van der Waals surface area contributed by atoms with E-state index in [1.165, 1.54) is 13.0 Å². The molecule has 3 N–H and O–H groups in total. The number of hydrogen-bond donors (Lipinski definition) is 2. The molecule has 10 heteroatoms. The molecule has 2 unspecified atom stereocenters. The normalized spacial score (nSPS) is 21.3. The van der Waals surface area contributed by atoms with Crippen molar-refractivity contribution in [3.8, 4) is 0 Å². The molecule has 1 aromatic carbocycles. The number of aromatic nitrogens is 2. The lowest BCUT2D eigenvalue weighted by Crippen LogP contribution is -2.51. The number of benzene rings is 1. The van der Waals surface area contributed by atoms with Crippen LogP contribution in [0.5, 0.6) is 0 Å². The van der Waals surface area contributed by atoms with Gasteiger partial charge in [0.15, 0.2) is 0 Å². The summed E-state index contributed by atoms with van der Waals surface area (Å²) in [6.45, 7) is 1.41. The molecule has 0 fully saturated rings. The van der Waals surface area contributed by atoms with Crippen molar-refractivity contribution in [3.05, 3.63) is 23.8 Å². The molecule has 2 atom stereocenters. The standard InChI is InChI=1S/C13H11N5O5/c1-5-8(11(19)20)10(18(12(14)21)13(22)15-5)6-3-2-4-7-9(6)17-23-16-7/h2-4,8,10H,1H3,(H2,14,21)(H,19,20). The predicted octanol–water partition coefficient (Wildman–Crippen LogP) is 0.940. The molecule has 1 aliphatic heterocycles. The highest BCUT2D eigenvalue weighted by molar-refractivity contribution is 6.11. The minimum absolute atomic E-state index is 0.0680. The molecule has 0 saturated carbocycles. The molecular formula is C13H11N5O5. The van der Waals surface area contributed by atoms with Gasteiger partial charge in [0.1, 0.15) is 17.0 Å². The number of primary amides is 1. The Morgan fingerprint density at radius 1 is 1.35 bits per heavy atom. The fraction of sp³-hybridized carbons (Fsp3) is 0.231. The average Bonchev–Trinajstić information content (AvgIpc) is 2.93. The van der Waals surface area contributed by atoms with Crippen LogP contribution in [0.4, 0.5) is 9.59 Å². The third kappa shape index (κ3) is 2.20. The van der Waals surface area contributed by atoms with E-state index in [-0.39, 0.29) is 16.8 Å². The minimum atomic E-state index is -1.25. The van der Waals surface area contributed by atoms with Crippen molar-refractivity contribution in [1.29, 1.82) is 0 Å². The van der Waals surface area contributed by atoms with Crippen LogP contribution >= 0.6 is 0 Å². The van der Waals surface area contributed by atoms with E-state index in [1.54, 1.807) is 12.1 Å². The first-order valence-electron chi connectivity index (χ1n) is 6.53. The maximum atomic E-state index is 12.1. The van der Waals surface area contributed by atoms with Crippen molar-refractivity contribution in [1.82, 2.24) is 15.2 Å². The van der Waals surface area contributed by atoms with E-state index >= 15 is 0 Å². The fourth-order valence-corrected chi connectivity index (χ4v) is 2.70. The Labute approximate surface area is 128 Å². The molecule has 3 rings (SSSR count). The number of fused-ring (bicyclic) bond motifs is 1. The van der Waals surface area contributed by atoms with Crippen molar-refractivity contribution < 1.29 is 24.1 Å². The van der Waals surface area contributed by atoms with Crippen molar-refractivity contribution >= 4 is 34.8 Å². The summed E-state index contributed by atoms with van der Waals surface area (Å²) in [7, 11) is 0. The zero-order valence-corrected chi connectivity index (χ0v) is 11.8. The maximum Gasteiger partial charge on any atom is 0.352 e. The second kappa shape index (κ2) is 5.16. The molecule has 0 radical (unpaired) electrons. The Balaban J connectivity index is 2.28. The van der Waals surface area contributed by atoms with Gasteiger partial charge < -0.3 is 10.8 Å². The van der Waals surface area contributed by atoms with Gasteiger partial charge in [0.2, 0.25) is 0 Å². The van der Waals surface area contributed by atoms with Crippen LogP contribution in [0.15, 0.2) is 27.8 Å². The molecule has 2 heterocycles. The van der Waals surface area contributed by atoms with Gasteiger partial charge in [-0.1, -0.05) is 12.1 Å². The second-order valence-corrected chi connectivity index (χ2v) is 4.98. The Morgan fingerprint density at radius 3 is 2.74 bits per heavy atom. The van der Waals surface area contributed by atoms with Gasteiger partial charge >= 0.3 is 18.0 Å². The van der Waals surface area contributed by atoms with Gasteiger partial charge in [0.05, 0.1) is 6.04 Å².